The van der Waals surface area contributed by atoms with Gasteiger partial charge in [-0.1, -0.05) is 11.6 Å². The van der Waals surface area contributed by atoms with Crippen LogP contribution in [-0.2, 0) is 0 Å². The van der Waals surface area contributed by atoms with Crippen LogP contribution in [0.4, 0.5) is 5.69 Å². The maximum Gasteiger partial charge on any atom is 0.137 e. The molecule has 2 fully saturated rings. The van der Waals surface area contributed by atoms with Crippen molar-refractivity contribution in [2.45, 2.75) is 31.3 Å². The predicted molar refractivity (Wildman–Crippen MR) is 91.9 cm³/mol. The molecular formula is C17H22ClN5. The van der Waals surface area contributed by atoms with Crippen LogP contribution in [0.5, 0.6) is 0 Å². The van der Waals surface area contributed by atoms with Crippen LogP contribution < -0.4 is 4.90 Å². The second kappa shape index (κ2) is 6.49. The summed E-state index contributed by atoms with van der Waals surface area (Å²) in [5, 5.41) is 5.11. The summed E-state index contributed by atoms with van der Waals surface area (Å²) in [6.45, 7) is 4.45. The summed E-state index contributed by atoms with van der Waals surface area (Å²) in [7, 11) is 0. The SMILES string of the molecule is Clc1ccc(N2CCN([C@H]3CC[C@@H](n4cncn4)C3)CC2)cc1. The van der Waals surface area contributed by atoms with Gasteiger partial charge in [0.25, 0.3) is 0 Å². The Bertz CT molecular complexity index is 619. The Labute approximate surface area is 141 Å². The minimum atomic E-state index is 0.525. The average Bonchev–Trinajstić information content (AvgIpc) is 3.27. The minimum absolute atomic E-state index is 0.525. The third-order valence-corrected chi connectivity index (χ3v) is 5.46. The second-order valence-electron chi connectivity index (χ2n) is 6.50. The maximum absolute atomic E-state index is 5.98. The highest BCUT2D eigenvalue weighted by Gasteiger charge is 2.32. The van der Waals surface area contributed by atoms with Crippen LogP contribution >= 0.6 is 11.6 Å². The fraction of sp³-hybridized carbons (Fsp3) is 0.529. The number of nitrogens with zero attached hydrogens (tertiary/aromatic N) is 5. The molecule has 0 bridgehead atoms. The van der Waals surface area contributed by atoms with Gasteiger partial charge in [-0.25, -0.2) is 9.67 Å². The van der Waals surface area contributed by atoms with Gasteiger partial charge in [0.1, 0.15) is 12.7 Å². The first kappa shape index (κ1) is 15.0. The predicted octanol–water partition coefficient (Wildman–Crippen LogP) is 2.85. The van der Waals surface area contributed by atoms with E-state index in [-0.39, 0.29) is 0 Å². The van der Waals surface area contributed by atoms with Gasteiger partial charge in [0.05, 0.1) is 6.04 Å². The number of rotatable bonds is 3. The Kier molecular flexibility index (Phi) is 4.23. The lowest BCUT2D eigenvalue weighted by Gasteiger charge is -2.39. The molecule has 2 heterocycles. The van der Waals surface area contributed by atoms with Crippen LogP contribution in [-0.4, -0.2) is 51.9 Å². The van der Waals surface area contributed by atoms with Crippen LogP contribution in [0.25, 0.3) is 0 Å². The Morgan fingerprint density at radius 1 is 0.957 bits per heavy atom. The van der Waals surface area contributed by atoms with Gasteiger partial charge in [-0.3, -0.25) is 4.90 Å². The van der Waals surface area contributed by atoms with Gasteiger partial charge < -0.3 is 4.90 Å². The molecule has 1 aliphatic heterocycles. The molecule has 23 heavy (non-hydrogen) atoms. The number of hydrogen-bond acceptors (Lipinski definition) is 4. The second-order valence-corrected chi connectivity index (χ2v) is 6.93. The third-order valence-electron chi connectivity index (χ3n) is 5.21. The topological polar surface area (TPSA) is 37.2 Å². The van der Waals surface area contributed by atoms with E-state index in [4.69, 9.17) is 11.6 Å². The fourth-order valence-corrected chi connectivity index (χ4v) is 4.04. The molecule has 1 saturated heterocycles. The molecule has 0 unspecified atom stereocenters. The first-order valence-electron chi connectivity index (χ1n) is 8.38. The number of piperazine rings is 1. The summed E-state index contributed by atoms with van der Waals surface area (Å²) >= 11 is 5.98. The first-order chi connectivity index (χ1) is 11.3. The van der Waals surface area contributed by atoms with E-state index >= 15 is 0 Å². The molecule has 6 heteroatoms. The van der Waals surface area contributed by atoms with Crippen molar-refractivity contribution in [3.8, 4) is 0 Å². The molecule has 2 atom stereocenters. The Morgan fingerprint density at radius 2 is 1.70 bits per heavy atom. The Hall–Kier alpha value is -1.59. The number of halogens is 1. The molecule has 1 aliphatic carbocycles. The van der Waals surface area contributed by atoms with Crippen LogP contribution in [0.3, 0.4) is 0 Å². The van der Waals surface area contributed by atoms with E-state index < -0.39 is 0 Å². The van der Waals surface area contributed by atoms with Gasteiger partial charge >= 0.3 is 0 Å². The van der Waals surface area contributed by atoms with E-state index in [2.05, 4.69) is 32.0 Å². The summed E-state index contributed by atoms with van der Waals surface area (Å²) in [6, 6.07) is 9.41. The number of aromatic nitrogens is 3. The van der Waals surface area contributed by atoms with Gasteiger partial charge in [0.2, 0.25) is 0 Å². The van der Waals surface area contributed by atoms with Crippen molar-refractivity contribution in [2.75, 3.05) is 31.1 Å². The Balaban J connectivity index is 1.32. The highest BCUT2D eigenvalue weighted by Crippen LogP contribution is 2.33. The van der Waals surface area contributed by atoms with E-state index in [1.807, 2.05) is 23.1 Å². The largest absolute Gasteiger partial charge is 0.369 e. The fourth-order valence-electron chi connectivity index (χ4n) is 3.91. The van der Waals surface area contributed by atoms with E-state index in [9.17, 15) is 0 Å². The molecule has 0 spiro atoms. The third kappa shape index (κ3) is 3.21. The van der Waals surface area contributed by atoms with E-state index in [1.54, 1.807) is 6.33 Å². The highest BCUT2D eigenvalue weighted by atomic mass is 35.5. The Morgan fingerprint density at radius 3 is 2.39 bits per heavy atom. The molecule has 0 amide bonds. The van der Waals surface area contributed by atoms with Crippen LogP contribution in [0.2, 0.25) is 5.02 Å². The first-order valence-corrected chi connectivity index (χ1v) is 8.76. The van der Waals surface area contributed by atoms with Crippen molar-refractivity contribution in [1.29, 1.82) is 0 Å². The summed E-state index contributed by atoms with van der Waals surface area (Å²) in [5.74, 6) is 0. The molecule has 0 N–H and O–H groups in total. The number of anilines is 1. The summed E-state index contributed by atoms with van der Waals surface area (Å²) < 4.78 is 2.03. The standard InChI is InChI=1S/C17H22ClN5/c18-14-1-3-15(4-2-14)21-7-9-22(10-8-21)16-5-6-17(11-16)23-13-19-12-20-23/h1-4,12-13,16-17H,5-11H2/t16-,17+/m0/s1. The molecule has 2 aliphatic rings. The normalized spacial score (nSPS) is 25.9. The van der Waals surface area contributed by atoms with Crippen molar-refractivity contribution in [3.63, 3.8) is 0 Å². The summed E-state index contributed by atoms with van der Waals surface area (Å²) in [4.78, 5) is 9.19. The lowest BCUT2D eigenvalue weighted by Crippen LogP contribution is -2.49. The molecule has 1 aromatic heterocycles. The molecule has 1 aromatic carbocycles. The lowest BCUT2D eigenvalue weighted by atomic mass is 10.1. The van der Waals surface area contributed by atoms with Gasteiger partial charge in [0, 0.05) is 42.9 Å². The van der Waals surface area contributed by atoms with Crippen LogP contribution in [0.15, 0.2) is 36.9 Å². The monoisotopic (exact) mass is 331 g/mol. The van der Waals surface area contributed by atoms with Gasteiger partial charge in [-0.2, -0.15) is 5.10 Å². The molecule has 0 radical (unpaired) electrons. The molecule has 2 aromatic rings. The molecule has 5 nitrogen and oxygen atoms in total. The smallest absolute Gasteiger partial charge is 0.137 e. The van der Waals surface area contributed by atoms with Gasteiger partial charge in [0.15, 0.2) is 0 Å². The van der Waals surface area contributed by atoms with Crippen molar-refractivity contribution >= 4 is 17.3 Å². The van der Waals surface area contributed by atoms with Gasteiger partial charge in [-0.05, 0) is 43.5 Å². The molecule has 122 valence electrons. The van der Waals surface area contributed by atoms with Crippen LogP contribution in [0.1, 0.15) is 25.3 Å². The minimum Gasteiger partial charge on any atom is -0.369 e. The average molecular weight is 332 g/mol. The van der Waals surface area contributed by atoms with Gasteiger partial charge in [-0.15, -0.1) is 0 Å². The van der Waals surface area contributed by atoms with Crippen LogP contribution in [0, 0.1) is 0 Å². The lowest BCUT2D eigenvalue weighted by molar-refractivity contribution is 0.183. The summed E-state index contributed by atoms with van der Waals surface area (Å²) in [6.07, 6.45) is 7.17. The zero-order chi connectivity index (χ0) is 15.6. The van der Waals surface area contributed by atoms with E-state index in [1.165, 1.54) is 24.9 Å². The zero-order valence-corrected chi connectivity index (χ0v) is 13.9. The number of hydrogen-bond donors (Lipinski definition) is 0. The van der Waals surface area contributed by atoms with E-state index in [0.29, 0.717) is 12.1 Å². The van der Waals surface area contributed by atoms with Crippen molar-refractivity contribution in [2.24, 2.45) is 0 Å². The summed E-state index contributed by atoms with van der Waals surface area (Å²) in [5.41, 5.74) is 1.28. The zero-order valence-electron chi connectivity index (χ0n) is 13.2. The van der Waals surface area contributed by atoms with Crippen molar-refractivity contribution in [3.05, 3.63) is 41.9 Å². The number of benzene rings is 1. The van der Waals surface area contributed by atoms with Crippen molar-refractivity contribution in [1.82, 2.24) is 19.7 Å². The highest BCUT2D eigenvalue weighted by molar-refractivity contribution is 6.30. The molecule has 4 rings (SSSR count). The quantitative estimate of drug-likeness (QED) is 0.866. The maximum atomic E-state index is 5.98. The van der Waals surface area contributed by atoms with E-state index in [0.717, 1.165) is 31.2 Å². The molecular weight excluding hydrogens is 310 g/mol. The molecule has 1 saturated carbocycles. The van der Waals surface area contributed by atoms with Crippen molar-refractivity contribution < 1.29 is 0 Å².